The first-order valence-corrected chi connectivity index (χ1v) is 8.87. The Labute approximate surface area is 162 Å². The Bertz CT molecular complexity index is 1120. The number of fused-ring (bicyclic) bond motifs is 1. The van der Waals surface area contributed by atoms with Crippen LogP contribution in [0.3, 0.4) is 0 Å². The lowest BCUT2D eigenvalue weighted by Crippen LogP contribution is -2.06. The van der Waals surface area contributed by atoms with E-state index < -0.39 is 5.97 Å². The lowest BCUT2D eigenvalue weighted by Gasteiger charge is -2.07. The Morgan fingerprint density at radius 3 is 2.63 bits per heavy atom. The third kappa shape index (κ3) is 3.54. The van der Waals surface area contributed by atoms with E-state index in [0.717, 1.165) is 15.4 Å². The Morgan fingerprint density at radius 2 is 1.81 bits per heavy atom. The van der Waals surface area contributed by atoms with E-state index in [1.54, 1.807) is 18.2 Å². The van der Waals surface area contributed by atoms with Gasteiger partial charge in [-0.1, -0.05) is 46.3 Å². The van der Waals surface area contributed by atoms with Crippen LogP contribution in [-0.4, -0.2) is 21.3 Å². The molecule has 0 unspecified atom stereocenters. The van der Waals surface area contributed by atoms with E-state index in [9.17, 15) is 9.90 Å². The van der Waals surface area contributed by atoms with Crippen LogP contribution in [0.1, 0.15) is 16.2 Å². The van der Waals surface area contributed by atoms with E-state index in [-0.39, 0.29) is 23.8 Å². The van der Waals surface area contributed by atoms with Gasteiger partial charge in [-0.15, -0.1) is 10.2 Å². The summed E-state index contributed by atoms with van der Waals surface area (Å²) in [5.41, 5.74) is 0.844. The van der Waals surface area contributed by atoms with Gasteiger partial charge in [-0.05, 0) is 35.7 Å². The number of ether oxygens (including phenoxy) is 1. The number of aromatic nitrogens is 2. The number of carbonyl (C=O) groups is 1. The van der Waals surface area contributed by atoms with Gasteiger partial charge in [0.1, 0.15) is 11.3 Å². The number of rotatable bonds is 4. The predicted molar refractivity (Wildman–Crippen MR) is 102 cm³/mol. The van der Waals surface area contributed by atoms with Crippen molar-refractivity contribution in [3.63, 3.8) is 0 Å². The summed E-state index contributed by atoms with van der Waals surface area (Å²) in [7, 11) is 0. The van der Waals surface area contributed by atoms with Crippen molar-refractivity contribution in [3.05, 3.63) is 76.6 Å². The van der Waals surface area contributed by atoms with Gasteiger partial charge in [-0.25, -0.2) is 4.79 Å². The van der Waals surface area contributed by atoms with E-state index in [0.29, 0.717) is 11.3 Å². The molecule has 0 aliphatic carbocycles. The molecule has 4 rings (SSSR count). The van der Waals surface area contributed by atoms with Gasteiger partial charge < -0.3 is 14.3 Å². The van der Waals surface area contributed by atoms with E-state index in [1.165, 1.54) is 6.07 Å². The number of esters is 1. The monoisotopic (exact) mass is 424 g/mol. The Balaban J connectivity index is 1.48. The van der Waals surface area contributed by atoms with E-state index >= 15 is 0 Å². The third-order valence-corrected chi connectivity index (χ3v) is 4.53. The Kier molecular flexibility index (Phi) is 4.60. The van der Waals surface area contributed by atoms with Gasteiger partial charge in [0.25, 0.3) is 5.89 Å². The lowest BCUT2D eigenvalue weighted by molar-refractivity contribution is 0.0435. The number of benzene rings is 3. The molecule has 7 heteroatoms. The van der Waals surface area contributed by atoms with Gasteiger partial charge in [-0.2, -0.15) is 0 Å². The van der Waals surface area contributed by atoms with Crippen LogP contribution in [0.25, 0.3) is 22.2 Å². The van der Waals surface area contributed by atoms with Crippen molar-refractivity contribution < 1.29 is 19.1 Å². The lowest BCUT2D eigenvalue weighted by atomic mass is 10.1. The fourth-order valence-corrected chi connectivity index (χ4v) is 2.91. The molecule has 1 N–H and O–H groups in total. The van der Waals surface area contributed by atoms with Gasteiger partial charge in [0.2, 0.25) is 5.89 Å². The van der Waals surface area contributed by atoms with Crippen LogP contribution < -0.4 is 0 Å². The second-order valence-electron chi connectivity index (χ2n) is 5.77. The van der Waals surface area contributed by atoms with Crippen LogP contribution in [0.15, 0.2) is 69.6 Å². The zero-order valence-corrected chi connectivity index (χ0v) is 15.5. The van der Waals surface area contributed by atoms with E-state index in [1.807, 2.05) is 36.4 Å². The highest BCUT2D eigenvalue weighted by Gasteiger charge is 2.17. The molecule has 0 fully saturated rings. The molecule has 0 saturated carbocycles. The average Bonchev–Trinajstić information content (AvgIpc) is 3.16. The summed E-state index contributed by atoms with van der Waals surface area (Å²) < 4.78 is 11.7. The molecule has 134 valence electrons. The van der Waals surface area contributed by atoms with Crippen LogP contribution in [0.2, 0.25) is 0 Å². The summed E-state index contributed by atoms with van der Waals surface area (Å²) in [6.45, 7) is -0.186. The molecule has 6 nitrogen and oxygen atoms in total. The minimum absolute atomic E-state index is 0.0846. The van der Waals surface area contributed by atoms with Crippen LogP contribution >= 0.6 is 15.9 Å². The smallest absolute Gasteiger partial charge is 0.342 e. The highest BCUT2D eigenvalue weighted by molar-refractivity contribution is 9.10. The molecule has 0 saturated heterocycles. The first-order chi connectivity index (χ1) is 13.1. The summed E-state index contributed by atoms with van der Waals surface area (Å²) >= 11 is 3.36. The molecule has 0 atom stereocenters. The Morgan fingerprint density at radius 1 is 1.04 bits per heavy atom. The standard InChI is InChI=1S/C20H13BrN2O4/c21-14-8-5-13(6-9-14)19-23-22-17(27-19)11-26-20(25)16-10-7-12-3-1-2-4-15(12)18(16)24/h1-10,24H,11H2. The first kappa shape index (κ1) is 17.2. The van der Waals surface area contributed by atoms with Gasteiger partial charge in [-0.3, -0.25) is 0 Å². The van der Waals surface area contributed by atoms with Crippen molar-refractivity contribution in [1.82, 2.24) is 10.2 Å². The zero-order chi connectivity index (χ0) is 18.8. The fourth-order valence-electron chi connectivity index (χ4n) is 2.65. The largest absolute Gasteiger partial charge is 0.506 e. The number of phenols is 1. The number of phenolic OH excluding ortho intramolecular Hbond substituents is 1. The molecule has 0 bridgehead atoms. The Hall–Kier alpha value is -3.19. The molecule has 1 aromatic heterocycles. The summed E-state index contributed by atoms with van der Waals surface area (Å²) in [4.78, 5) is 12.3. The zero-order valence-electron chi connectivity index (χ0n) is 13.9. The molecule has 0 aliphatic rings. The van der Waals surface area contributed by atoms with Gasteiger partial charge in [0.15, 0.2) is 6.61 Å². The van der Waals surface area contributed by atoms with E-state index in [4.69, 9.17) is 9.15 Å². The van der Waals surface area contributed by atoms with Crippen molar-refractivity contribution in [3.8, 4) is 17.2 Å². The molecule has 0 spiro atoms. The number of hydrogen-bond donors (Lipinski definition) is 1. The highest BCUT2D eigenvalue weighted by Crippen LogP contribution is 2.29. The maximum atomic E-state index is 12.3. The van der Waals surface area contributed by atoms with Gasteiger partial charge >= 0.3 is 5.97 Å². The summed E-state index contributed by atoms with van der Waals surface area (Å²) in [5.74, 6) is -0.274. The van der Waals surface area contributed by atoms with Crippen LogP contribution in [0.4, 0.5) is 0 Å². The summed E-state index contributed by atoms with van der Waals surface area (Å²) in [6.07, 6.45) is 0. The summed E-state index contributed by atoms with van der Waals surface area (Å²) in [5, 5.41) is 19.6. The van der Waals surface area contributed by atoms with E-state index in [2.05, 4.69) is 26.1 Å². The summed E-state index contributed by atoms with van der Waals surface area (Å²) in [6, 6.07) is 17.9. The third-order valence-electron chi connectivity index (χ3n) is 4.01. The van der Waals surface area contributed by atoms with Gasteiger partial charge in [0, 0.05) is 15.4 Å². The number of halogens is 1. The number of aromatic hydroxyl groups is 1. The molecular weight excluding hydrogens is 412 g/mol. The van der Waals surface area contributed by atoms with Crippen molar-refractivity contribution in [1.29, 1.82) is 0 Å². The molecule has 0 aliphatic heterocycles. The van der Waals surface area contributed by atoms with Crippen LogP contribution in [0, 0.1) is 0 Å². The van der Waals surface area contributed by atoms with Crippen molar-refractivity contribution in [2.75, 3.05) is 0 Å². The number of carbonyl (C=O) groups excluding carboxylic acids is 1. The van der Waals surface area contributed by atoms with Crippen molar-refractivity contribution in [2.45, 2.75) is 6.61 Å². The van der Waals surface area contributed by atoms with Crippen LogP contribution in [0.5, 0.6) is 5.75 Å². The molecule has 0 radical (unpaired) electrons. The normalized spacial score (nSPS) is 10.9. The molecule has 27 heavy (non-hydrogen) atoms. The molecular formula is C20H13BrN2O4. The second-order valence-corrected chi connectivity index (χ2v) is 6.68. The number of nitrogens with zero attached hydrogens (tertiary/aromatic N) is 2. The van der Waals surface area contributed by atoms with Gasteiger partial charge in [0.05, 0.1) is 0 Å². The maximum absolute atomic E-state index is 12.3. The predicted octanol–water partition coefficient (Wildman–Crippen LogP) is 4.71. The first-order valence-electron chi connectivity index (χ1n) is 8.08. The topological polar surface area (TPSA) is 85.5 Å². The number of hydrogen-bond acceptors (Lipinski definition) is 6. The van der Waals surface area contributed by atoms with Crippen molar-refractivity contribution >= 4 is 32.7 Å². The minimum Gasteiger partial charge on any atom is -0.506 e. The SMILES string of the molecule is O=C(OCc1nnc(-c2ccc(Br)cc2)o1)c1ccc2ccccc2c1O. The molecule has 3 aromatic carbocycles. The van der Waals surface area contributed by atoms with Crippen molar-refractivity contribution in [2.24, 2.45) is 0 Å². The molecule has 4 aromatic rings. The second kappa shape index (κ2) is 7.20. The quantitative estimate of drug-likeness (QED) is 0.477. The maximum Gasteiger partial charge on any atom is 0.342 e. The highest BCUT2D eigenvalue weighted by atomic mass is 79.9. The molecule has 1 heterocycles. The molecule has 0 amide bonds. The average molecular weight is 425 g/mol. The van der Waals surface area contributed by atoms with Crippen LogP contribution in [-0.2, 0) is 11.3 Å². The fraction of sp³-hybridized carbons (Fsp3) is 0.0500. The minimum atomic E-state index is -0.665.